The molecule has 0 atom stereocenters. The molecular weight excluding hydrogens is 260 g/mol. The molecule has 0 aliphatic carbocycles. The molecule has 2 rings (SSSR count). The van der Waals surface area contributed by atoms with E-state index in [0.29, 0.717) is 5.15 Å². The minimum absolute atomic E-state index is 0.183. The summed E-state index contributed by atoms with van der Waals surface area (Å²) in [7, 11) is 0. The summed E-state index contributed by atoms with van der Waals surface area (Å²) in [5, 5.41) is 3.79. The van der Waals surface area contributed by atoms with E-state index < -0.39 is 0 Å². The molecule has 0 amide bonds. The van der Waals surface area contributed by atoms with Crippen molar-refractivity contribution in [3.63, 3.8) is 0 Å². The summed E-state index contributed by atoms with van der Waals surface area (Å²) in [5.41, 5.74) is 2.11. The molecule has 0 unspecified atom stereocenters. The van der Waals surface area contributed by atoms with Crippen LogP contribution in [0.3, 0.4) is 0 Å². The van der Waals surface area contributed by atoms with Gasteiger partial charge in [0, 0.05) is 18.4 Å². The van der Waals surface area contributed by atoms with Crippen LogP contribution in [0.2, 0.25) is 5.15 Å². The molecule has 2 aromatic rings. The van der Waals surface area contributed by atoms with Crippen molar-refractivity contribution in [3.8, 4) is 5.75 Å². The van der Waals surface area contributed by atoms with Crippen LogP contribution in [0.15, 0.2) is 42.6 Å². The Balaban J connectivity index is 1.99. The first-order chi connectivity index (χ1) is 9.13. The van der Waals surface area contributed by atoms with E-state index in [4.69, 9.17) is 16.3 Å². The second-order valence-electron chi connectivity index (χ2n) is 4.53. The average Bonchev–Trinajstić information content (AvgIpc) is 2.36. The van der Waals surface area contributed by atoms with E-state index >= 15 is 0 Å². The van der Waals surface area contributed by atoms with Gasteiger partial charge in [-0.3, -0.25) is 0 Å². The highest BCUT2D eigenvalue weighted by Gasteiger charge is 2.00. The van der Waals surface area contributed by atoms with Crippen LogP contribution in [0.5, 0.6) is 5.75 Å². The van der Waals surface area contributed by atoms with Crippen LogP contribution in [-0.4, -0.2) is 11.1 Å². The minimum atomic E-state index is 0.183. The van der Waals surface area contributed by atoms with E-state index in [1.807, 2.05) is 38.1 Å². The maximum absolute atomic E-state index is 5.84. The van der Waals surface area contributed by atoms with E-state index in [0.717, 1.165) is 23.5 Å². The predicted octanol–water partition coefficient (Wildman–Crippen LogP) is 4.13. The highest BCUT2D eigenvalue weighted by Crippen LogP contribution is 2.17. The normalized spacial score (nSPS) is 10.5. The number of pyridine rings is 1. The standard InChI is InChI=1S/C15H17ClN2O/c1-11(2)19-14-5-3-4-12(8-14)10-18-13-6-7-17-15(16)9-13/h3-9,11H,10H2,1-2H3,(H,17,18). The molecule has 0 aliphatic rings. The fourth-order valence-corrected chi connectivity index (χ4v) is 1.89. The summed E-state index contributed by atoms with van der Waals surface area (Å²) in [6, 6.07) is 11.7. The second kappa shape index (κ2) is 6.43. The van der Waals surface area contributed by atoms with Gasteiger partial charge in [-0.25, -0.2) is 4.98 Å². The Hall–Kier alpha value is -1.74. The van der Waals surface area contributed by atoms with Gasteiger partial charge in [0.25, 0.3) is 0 Å². The van der Waals surface area contributed by atoms with Gasteiger partial charge in [0.1, 0.15) is 10.9 Å². The number of hydrogen-bond acceptors (Lipinski definition) is 3. The lowest BCUT2D eigenvalue weighted by Gasteiger charge is -2.11. The topological polar surface area (TPSA) is 34.1 Å². The molecule has 0 saturated heterocycles. The lowest BCUT2D eigenvalue weighted by molar-refractivity contribution is 0.242. The van der Waals surface area contributed by atoms with Gasteiger partial charge in [-0.05, 0) is 43.7 Å². The number of benzene rings is 1. The van der Waals surface area contributed by atoms with Crippen molar-refractivity contribution >= 4 is 17.3 Å². The number of hydrogen-bond donors (Lipinski definition) is 1. The first-order valence-corrected chi connectivity index (χ1v) is 6.62. The molecule has 0 spiro atoms. The fourth-order valence-electron chi connectivity index (χ4n) is 1.72. The molecule has 1 aromatic carbocycles. The summed E-state index contributed by atoms with van der Waals surface area (Å²) >= 11 is 5.84. The third-order valence-corrected chi connectivity index (χ3v) is 2.70. The molecule has 1 aromatic heterocycles. The maximum atomic E-state index is 5.84. The molecule has 0 fully saturated rings. The Morgan fingerprint density at radius 3 is 2.84 bits per heavy atom. The van der Waals surface area contributed by atoms with E-state index in [1.54, 1.807) is 12.3 Å². The van der Waals surface area contributed by atoms with Gasteiger partial charge in [-0.15, -0.1) is 0 Å². The smallest absolute Gasteiger partial charge is 0.131 e. The number of aromatic nitrogens is 1. The Morgan fingerprint density at radius 1 is 1.26 bits per heavy atom. The van der Waals surface area contributed by atoms with Crippen molar-refractivity contribution in [2.75, 3.05) is 5.32 Å². The van der Waals surface area contributed by atoms with Crippen molar-refractivity contribution in [3.05, 3.63) is 53.3 Å². The van der Waals surface area contributed by atoms with Crippen LogP contribution in [0.4, 0.5) is 5.69 Å². The summed E-state index contributed by atoms with van der Waals surface area (Å²) in [6.07, 6.45) is 1.87. The second-order valence-corrected chi connectivity index (χ2v) is 4.92. The van der Waals surface area contributed by atoms with Gasteiger partial charge in [-0.2, -0.15) is 0 Å². The predicted molar refractivity (Wildman–Crippen MR) is 78.8 cm³/mol. The summed E-state index contributed by atoms with van der Waals surface area (Å²) in [5.74, 6) is 0.891. The van der Waals surface area contributed by atoms with Crippen molar-refractivity contribution in [2.24, 2.45) is 0 Å². The van der Waals surface area contributed by atoms with E-state index in [9.17, 15) is 0 Å². The number of rotatable bonds is 5. The number of anilines is 1. The molecule has 1 N–H and O–H groups in total. The van der Waals surface area contributed by atoms with Gasteiger partial charge >= 0.3 is 0 Å². The molecule has 3 nitrogen and oxygen atoms in total. The van der Waals surface area contributed by atoms with E-state index in [-0.39, 0.29) is 6.10 Å². The van der Waals surface area contributed by atoms with Crippen LogP contribution in [0.25, 0.3) is 0 Å². The Labute approximate surface area is 118 Å². The van der Waals surface area contributed by atoms with Gasteiger partial charge in [0.2, 0.25) is 0 Å². The maximum Gasteiger partial charge on any atom is 0.131 e. The quantitative estimate of drug-likeness (QED) is 0.834. The molecule has 0 radical (unpaired) electrons. The monoisotopic (exact) mass is 276 g/mol. The molecule has 0 aliphatic heterocycles. The zero-order chi connectivity index (χ0) is 13.7. The number of nitrogens with zero attached hydrogens (tertiary/aromatic N) is 1. The van der Waals surface area contributed by atoms with Gasteiger partial charge in [-0.1, -0.05) is 23.7 Å². The zero-order valence-electron chi connectivity index (χ0n) is 11.1. The average molecular weight is 277 g/mol. The number of ether oxygens (including phenoxy) is 1. The SMILES string of the molecule is CC(C)Oc1cccc(CNc2ccnc(Cl)c2)c1. The molecule has 0 saturated carbocycles. The third-order valence-electron chi connectivity index (χ3n) is 2.49. The molecule has 0 bridgehead atoms. The van der Waals surface area contributed by atoms with Crippen LogP contribution >= 0.6 is 11.6 Å². The van der Waals surface area contributed by atoms with Gasteiger partial charge in [0.05, 0.1) is 6.10 Å². The fraction of sp³-hybridized carbons (Fsp3) is 0.267. The van der Waals surface area contributed by atoms with E-state index in [2.05, 4.69) is 16.4 Å². The highest BCUT2D eigenvalue weighted by atomic mass is 35.5. The van der Waals surface area contributed by atoms with Crippen molar-refractivity contribution in [2.45, 2.75) is 26.5 Å². The molecular formula is C15H17ClN2O. The van der Waals surface area contributed by atoms with Crippen molar-refractivity contribution < 1.29 is 4.74 Å². The third kappa shape index (κ3) is 4.45. The first kappa shape index (κ1) is 13.7. The summed E-state index contributed by atoms with van der Waals surface area (Å²) < 4.78 is 5.67. The first-order valence-electron chi connectivity index (χ1n) is 6.24. The highest BCUT2D eigenvalue weighted by molar-refractivity contribution is 6.29. The van der Waals surface area contributed by atoms with Crippen LogP contribution in [0.1, 0.15) is 19.4 Å². The van der Waals surface area contributed by atoms with Gasteiger partial charge < -0.3 is 10.1 Å². The lowest BCUT2D eigenvalue weighted by Crippen LogP contribution is -2.06. The number of nitrogens with one attached hydrogen (secondary N) is 1. The zero-order valence-corrected chi connectivity index (χ0v) is 11.8. The largest absolute Gasteiger partial charge is 0.491 e. The summed E-state index contributed by atoms with van der Waals surface area (Å²) in [4.78, 5) is 3.95. The van der Waals surface area contributed by atoms with Crippen molar-refractivity contribution in [1.82, 2.24) is 4.98 Å². The lowest BCUT2D eigenvalue weighted by atomic mass is 10.2. The Kier molecular flexibility index (Phi) is 4.63. The van der Waals surface area contributed by atoms with Crippen LogP contribution in [-0.2, 0) is 6.54 Å². The van der Waals surface area contributed by atoms with Gasteiger partial charge in [0.15, 0.2) is 0 Å². The van der Waals surface area contributed by atoms with Crippen LogP contribution in [0, 0.1) is 0 Å². The minimum Gasteiger partial charge on any atom is -0.491 e. The molecule has 4 heteroatoms. The Morgan fingerprint density at radius 2 is 2.11 bits per heavy atom. The van der Waals surface area contributed by atoms with E-state index in [1.165, 1.54) is 0 Å². The Bertz CT molecular complexity index is 543. The van der Waals surface area contributed by atoms with Crippen LogP contribution < -0.4 is 10.1 Å². The number of halogens is 1. The molecule has 19 heavy (non-hydrogen) atoms. The molecule has 1 heterocycles. The molecule has 100 valence electrons. The summed E-state index contributed by atoms with van der Waals surface area (Å²) in [6.45, 7) is 4.75. The van der Waals surface area contributed by atoms with Crippen molar-refractivity contribution in [1.29, 1.82) is 0 Å².